The number of carbonyl (C=O) groups is 1. The molecule has 0 aromatic heterocycles. The Hall–Kier alpha value is -0.330. The van der Waals surface area contributed by atoms with Crippen LogP contribution in [0.4, 0.5) is 0 Å². The molecule has 1 spiro atoms. The first kappa shape index (κ1) is 6.22. The zero-order chi connectivity index (χ0) is 7.47. The fraction of sp³-hybridized carbons (Fsp3) is 0.900. The van der Waals surface area contributed by atoms with Crippen LogP contribution in [0.5, 0.6) is 0 Å². The number of fused-ring (bicyclic) bond motifs is 3. The summed E-state index contributed by atoms with van der Waals surface area (Å²) in [4.78, 5) is 11.8. The van der Waals surface area contributed by atoms with Crippen LogP contribution in [0, 0.1) is 17.3 Å². The second kappa shape index (κ2) is 1.70. The lowest BCUT2D eigenvalue weighted by Crippen LogP contribution is -2.42. The van der Waals surface area contributed by atoms with Crippen LogP contribution in [0.2, 0.25) is 0 Å². The van der Waals surface area contributed by atoms with Crippen LogP contribution in [-0.2, 0) is 4.79 Å². The van der Waals surface area contributed by atoms with Gasteiger partial charge in [-0.05, 0) is 38.0 Å². The topological polar surface area (TPSA) is 17.1 Å². The van der Waals surface area contributed by atoms with Crippen molar-refractivity contribution in [2.75, 3.05) is 0 Å². The minimum Gasteiger partial charge on any atom is -0.299 e. The van der Waals surface area contributed by atoms with Gasteiger partial charge in [0.25, 0.3) is 0 Å². The molecule has 0 aromatic carbocycles. The Balaban J connectivity index is 2.00. The Labute approximate surface area is 67.2 Å². The second-order valence-corrected chi connectivity index (χ2v) is 4.58. The lowest BCUT2D eigenvalue weighted by atomic mass is 9.59. The van der Waals surface area contributed by atoms with E-state index in [0.717, 1.165) is 5.92 Å². The van der Waals surface area contributed by atoms with E-state index in [9.17, 15) is 4.79 Å². The Morgan fingerprint density at radius 1 is 1.27 bits per heavy atom. The van der Waals surface area contributed by atoms with Crippen molar-refractivity contribution in [3.8, 4) is 0 Å². The van der Waals surface area contributed by atoms with Crippen LogP contribution in [0.15, 0.2) is 0 Å². The number of hydrogen-bond donors (Lipinski definition) is 0. The van der Waals surface area contributed by atoms with E-state index in [0.29, 0.717) is 11.7 Å². The summed E-state index contributed by atoms with van der Waals surface area (Å²) < 4.78 is 0. The van der Waals surface area contributed by atoms with Gasteiger partial charge in [-0.15, -0.1) is 0 Å². The van der Waals surface area contributed by atoms with Crippen molar-refractivity contribution in [3.05, 3.63) is 0 Å². The van der Waals surface area contributed by atoms with Crippen molar-refractivity contribution in [3.63, 3.8) is 0 Å². The summed E-state index contributed by atoms with van der Waals surface area (Å²) in [5.74, 6) is 1.97. The van der Waals surface area contributed by atoms with Crippen molar-refractivity contribution in [2.45, 2.75) is 38.5 Å². The fourth-order valence-corrected chi connectivity index (χ4v) is 3.54. The second-order valence-electron chi connectivity index (χ2n) is 4.58. The van der Waals surface area contributed by atoms with Crippen LogP contribution in [0.25, 0.3) is 0 Å². The van der Waals surface area contributed by atoms with Gasteiger partial charge in [-0.2, -0.15) is 0 Å². The molecule has 1 heteroatoms. The van der Waals surface area contributed by atoms with Crippen LogP contribution in [0.1, 0.15) is 38.5 Å². The highest BCUT2D eigenvalue weighted by molar-refractivity contribution is 5.91. The smallest absolute Gasteiger partial charge is 0.142 e. The lowest BCUT2D eigenvalue weighted by molar-refractivity contribution is -0.137. The quantitative estimate of drug-likeness (QED) is 0.517. The van der Waals surface area contributed by atoms with Crippen LogP contribution in [0.3, 0.4) is 0 Å². The monoisotopic (exact) mass is 150 g/mol. The molecule has 3 fully saturated rings. The predicted molar refractivity (Wildman–Crippen MR) is 42.1 cm³/mol. The molecule has 3 aliphatic rings. The molecule has 3 rings (SSSR count). The van der Waals surface area contributed by atoms with Crippen molar-refractivity contribution >= 4 is 5.78 Å². The molecule has 2 bridgehead atoms. The SMILES string of the molecule is O=C1[C@@H]2CC[C@@H](C2)C12CCC2. The Morgan fingerprint density at radius 2 is 2.09 bits per heavy atom. The number of carbonyl (C=O) groups excluding carboxylic acids is 1. The molecule has 3 saturated carbocycles. The third-order valence-corrected chi connectivity index (χ3v) is 4.32. The first-order valence-corrected chi connectivity index (χ1v) is 4.87. The van der Waals surface area contributed by atoms with E-state index in [-0.39, 0.29) is 5.41 Å². The van der Waals surface area contributed by atoms with E-state index in [1.54, 1.807) is 0 Å². The summed E-state index contributed by atoms with van der Waals surface area (Å²) in [6.07, 6.45) is 7.59. The average molecular weight is 150 g/mol. The minimum atomic E-state index is 0.253. The summed E-state index contributed by atoms with van der Waals surface area (Å²) in [6, 6.07) is 0. The Kier molecular flexibility index (Phi) is 0.961. The van der Waals surface area contributed by atoms with Crippen molar-refractivity contribution in [2.24, 2.45) is 17.3 Å². The molecule has 0 radical (unpaired) electrons. The van der Waals surface area contributed by atoms with Gasteiger partial charge in [-0.3, -0.25) is 4.79 Å². The molecular formula is C10H14O. The van der Waals surface area contributed by atoms with Gasteiger partial charge >= 0.3 is 0 Å². The van der Waals surface area contributed by atoms with Gasteiger partial charge in [-0.1, -0.05) is 6.42 Å². The van der Waals surface area contributed by atoms with Crippen molar-refractivity contribution in [1.82, 2.24) is 0 Å². The molecule has 11 heavy (non-hydrogen) atoms. The lowest BCUT2D eigenvalue weighted by Gasteiger charge is -2.43. The number of ketones is 1. The molecule has 3 aliphatic carbocycles. The van der Waals surface area contributed by atoms with Gasteiger partial charge in [0.05, 0.1) is 0 Å². The molecule has 0 heterocycles. The van der Waals surface area contributed by atoms with Gasteiger partial charge in [0.1, 0.15) is 5.78 Å². The van der Waals surface area contributed by atoms with Crippen molar-refractivity contribution < 1.29 is 4.79 Å². The number of rotatable bonds is 0. The number of Topliss-reactive ketones (excluding diaryl/α,β-unsaturated/α-hetero) is 1. The largest absolute Gasteiger partial charge is 0.299 e. The third-order valence-electron chi connectivity index (χ3n) is 4.32. The Morgan fingerprint density at radius 3 is 2.45 bits per heavy atom. The summed E-state index contributed by atoms with van der Waals surface area (Å²) in [6.45, 7) is 0. The summed E-state index contributed by atoms with van der Waals surface area (Å²) in [5.41, 5.74) is 0.253. The molecule has 0 amide bonds. The summed E-state index contributed by atoms with van der Waals surface area (Å²) in [5, 5.41) is 0. The van der Waals surface area contributed by atoms with E-state index in [2.05, 4.69) is 0 Å². The van der Waals surface area contributed by atoms with Gasteiger partial charge in [0.2, 0.25) is 0 Å². The molecule has 0 N–H and O–H groups in total. The first-order valence-electron chi connectivity index (χ1n) is 4.87. The number of hydrogen-bond acceptors (Lipinski definition) is 1. The average Bonchev–Trinajstić information content (AvgIpc) is 2.41. The standard InChI is InChI=1S/C10H14O/c11-9-7-2-3-8(6-7)10(9)4-1-5-10/h7-8H,1-6H2/t7-,8+/m1/s1. The van der Waals surface area contributed by atoms with Gasteiger partial charge in [0, 0.05) is 11.3 Å². The van der Waals surface area contributed by atoms with E-state index < -0.39 is 0 Å². The van der Waals surface area contributed by atoms with E-state index in [1.165, 1.54) is 38.5 Å². The molecular weight excluding hydrogens is 136 g/mol. The maximum Gasteiger partial charge on any atom is 0.142 e. The highest BCUT2D eigenvalue weighted by Gasteiger charge is 2.59. The van der Waals surface area contributed by atoms with Gasteiger partial charge in [0.15, 0.2) is 0 Å². The van der Waals surface area contributed by atoms with Crippen LogP contribution >= 0.6 is 0 Å². The van der Waals surface area contributed by atoms with E-state index in [1.807, 2.05) is 0 Å². The molecule has 1 nitrogen and oxygen atoms in total. The maximum absolute atomic E-state index is 11.8. The molecule has 0 unspecified atom stereocenters. The van der Waals surface area contributed by atoms with E-state index >= 15 is 0 Å². The normalized spacial score (nSPS) is 44.9. The maximum atomic E-state index is 11.8. The van der Waals surface area contributed by atoms with Crippen LogP contribution < -0.4 is 0 Å². The molecule has 0 aromatic rings. The van der Waals surface area contributed by atoms with Crippen molar-refractivity contribution in [1.29, 1.82) is 0 Å². The highest BCUT2D eigenvalue weighted by atomic mass is 16.1. The highest BCUT2D eigenvalue weighted by Crippen LogP contribution is 2.62. The Bertz CT molecular complexity index is 215. The zero-order valence-corrected chi connectivity index (χ0v) is 6.81. The molecule has 0 aliphatic heterocycles. The predicted octanol–water partition coefficient (Wildman–Crippen LogP) is 2.16. The summed E-state index contributed by atoms with van der Waals surface area (Å²) >= 11 is 0. The van der Waals surface area contributed by atoms with Gasteiger partial charge in [-0.25, -0.2) is 0 Å². The zero-order valence-electron chi connectivity index (χ0n) is 6.81. The van der Waals surface area contributed by atoms with Crippen LogP contribution in [-0.4, -0.2) is 5.78 Å². The fourth-order valence-electron chi connectivity index (χ4n) is 3.54. The first-order chi connectivity index (χ1) is 5.33. The van der Waals surface area contributed by atoms with Gasteiger partial charge < -0.3 is 0 Å². The van der Waals surface area contributed by atoms with E-state index in [4.69, 9.17) is 0 Å². The third kappa shape index (κ3) is 0.533. The minimum absolute atomic E-state index is 0.253. The molecule has 0 saturated heterocycles. The molecule has 60 valence electrons. The molecule has 2 atom stereocenters. The summed E-state index contributed by atoms with van der Waals surface area (Å²) in [7, 11) is 0.